The number of barbiturate groups is 1. The lowest BCUT2D eigenvalue weighted by Gasteiger charge is -2.26. The minimum Gasteiger partial charge on any atom is -0.318 e. The van der Waals surface area contributed by atoms with Crippen LogP contribution in [0.4, 0.5) is 4.79 Å². The van der Waals surface area contributed by atoms with Gasteiger partial charge in [0.05, 0.1) is 6.54 Å². The molecule has 0 saturated carbocycles. The number of urea groups is 1. The predicted octanol–water partition coefficient (Wildman–Crippen LogP) is 4.41. The normalized spacial score (nSPS) is 15.5. The predicted molar refractivity (Wildman–Crippen MR) is 119 cm³/mol. The molecule has 1 saturated heterocycles. The third-order valence-corrected chi connectivity index (χ3v) is 5.48. The molecule has 1 fully saturated rings. The van der Waals surface area contributed by atoms with E-state index in [9.17, 15) is 14.4 Å². The Morgan fingerprint density at radius 2 is 1.65 bits per heavy atom. The van der Waals surface area contributed by atoms with E-state index < -0.39 is 17.8 Å². The molecule has 3 aromatic rings. The number of carbonyl (C=O) groups excluding carboxylic acids is 3. The molecule has 0 bridgehead atoms. The molecule has 1 N–H and O–H groups in total. The summed E-state index contributed by atoms with van der Waals surface area (Å²) in [5.74, 6) is -1.32. The van der Waals surface area contributed by atoms with E-state index in [0.29, 0.717) is 5.02 Å². The Hall–Kier alpha value is -3.64. The fourth-order valence-electron chi connectivity index (χ4n) is 3.68. The molecule has 6 nitrogen and oxygen atoms in total. The van der Waals surface area contributed by atoms with E-state index in [1.165, 1.54) is 6.08 Å². The smallest absolute Gasteiger partial charge is 0.318 e. The summed E-state index contributed by atoms with van der Waals surface area (Å²) in [6, 6.07) is 17.7. The lowest BCUT2D eigenvalue weighted by Crippen LogP contribution is -2.53. The zero-order chi connectivity index (χ0) is 22.1. The molecule has 1 aromatic heterocycles. The number of hydrogen-bond acceptors (Lipinski definition) is 3. The van der Waals surface area contributed by atoms with Crippen molar-refractivity contribution in [2.45, 2.75) is 20.4 Å². The van der Waals surface area contributed by atoms with Gasteiger partial charge in [0, 0.05) is 22.1 Å². The number of rotatable bonds is 4. The monoisotopic (exact) mass is 433 g/mol. The highest BCUT2D eigenvalue weighted by Gasteiger charge is 2.35. The number of imide groups is 2. The van der Waals surface area contributed by atoms with Crippen molar-refractivity contribution < 1.29 is 14.4 Å². The van der Waals surface area contributed by atoms with Crippen LogP contribution >= 0.6 is 11.6 Å². The first-order valence-corrected chi connectivity index (χ1v) is 10.1. The van der Waals surface area contributed by atoms with Crippen molar-refractivity contribution in [1.29, 1.82) is 0 Å². The second-order valence-corrected chi connectivity index (χ2v) is 7.77. The molecule has 4 amide bonds. The number of aryl methyl sites for hydroxylation is 1. The van der Waals surface area contributed by atoms with Gasteiger partial charge in [-0.05, 0) is 61.4 Å². The SMILES string of the molecule is Cc1cc(C=C2C(=O)NC(=O)N(Cc3ccccc3)C2=O)c(C)n1-c1ccc(Cl)cc1. The number of nitrogens with zero attached hydrogens (tertiary/aromatic N) is 2. The van der Waals surface area contributed by atoms with Crippen molar-refractivity contribution in [3.05, 3.63) is 93.8 Å². The number of aromatic nitrogens is 1. The summed E-state index contributed by atoms with van der Waals surface area (Å²) in [5, 5.41) is 2.91. The van der Waals surface area contributed by atoms with Crippen LogP contribution in [-0.4, -0.2) is 27.3 Å². The zero-order valence-electron chi connectivity index (χ0n) is 17.1. The summed E-state index contributed by atoms with van der Waals surface area (Å²) in [4.78, 5) is 38.8. The van der Waals surface area contributed by atoms with Gasteiger partial charge in [0.15, 0.2) is 0 Å². The van der Waals surface area contributed by atoms with Crippen LogP contribution in [0.1, 0.15) is 22.5 Å². The van der Waals surface area contributed by atoms with Crippen LogP contribution in [0, 0.1) is 13.8 Å². The average molecular weight is 434 g/mol. The molecular weight excluding hydrogens is 414 g/mol. The van der Waals surface area contributed by atoms with Crippen LogP contribution in [0.2, 0.25) is 5.02 Å². The summed E-state index contributed by atoms with van der Waals surface area (Å²) in [6.07, 6.45) is 1.54. The van der Waals surface area contributed by atoms with Crippen molar-refractivity contribution in [2.75, 3.05) is 0 Å². The molecule has 7 heteroatoms. The van der Waals surface area contributed by atoms with E-state index in [2.05, 4.69) is 5.32 Å². The van der Waals surface area contributed by atoms with Gasteiger partial charge in [0.25, 0.3) is 11.8 Å². The van der Waals surface area contributed by atoms with Gasteiger partial charge in [-0.15, -0.1) is 0 Å². The van der Waals surface area contributed by atoms with Crippen LogP contribution in [0.15, 0.2) is 66.2 Å². The highest BCUT2D eigenvalue weighted by molar-refractivity contribution is 6.31. The molecule has 2 aromatic carbocycles. The van der Waals surface area contributed by atoms with Gasteiger partial charge in [-0.1, -0.05) is 41.9 Å². The summed E-state index contributed by atoms with van der Waals surface area (Å²) < 4.78 is 2.01. The largest absolute Gasteiger partial charge is 0.331 e. The molecule has 0 aliphatic carbocycles. The first-order chi connectivity index (χ1) is 14.8. The number of carbonyl (C=O) groups is 3. The van der Waals surface area contributed by atoms with E-state index in [-0.39, 0.29) is 12.1 Å². The van der Waals surface area contributed by atoms with Crippen LogP contribution in [-0.2, 0) is 16.1 Å². The maximum Gasteiger partial charge on any atom is 0.331 e. The van der Waals surface area contributed by atoms with Crippen LogP contribution in [0.3, 0.4) is 0 Å². The van der Waals surface area contributed by atoms with Gasteiger partial charge in [-0.25, -0.2) is 4.79 Å². The maximum absolute atomic E-state index is 13.0. The standard InChI is InChI=1S/C24H20ClN3O3/c1-15-12-18(16(2)28(15)20-10-8-19(25)9-11-20)13-21-22(29)26-24(31)27(23(21)30)14-17-6-4-3-5-7-17/h3-13H,14H2,1-2H3,(H,26,29,31). The first-order valence-electron chi connectivity index (χ1n) is 9.73. The Balaban J connectivity index is 1.69. The van der Waals surface area contributed by atoms with Gasteiger partial charge in [-0.2, -0.15) is 0 Å². The number of nitrogens with one attached hydrogen (secondary N) is 1. The summed E-state index contributed by atoms with van der Waals surface area (Å²) >= 11 is 6.00. The number of halogens is 1. The van der Waals surface area contributed by atoms with E-state index in [1.54, 1.807) is 12.1 Å². The molecule has 4 rings (SSSR count). The van der Waals surface area contributed by atoms with Crippen molar-refractivity contribution in [3.63, 3.8) is 0 Å². The van der Waals surface area contributed by atoms with Gasteiger partial charge < -0.3 is 4.57 Å². The Labute approximate surface area is 184 Å². The van der Waals surface area contributed by atoms with Gasteiger partial charge in [0.1, 0.15) is 5.57 Å². The average Bonchev–Trinajstić information content (AvgIpc) is 3.03. The number of amides is 4. The molecular formula is C24H20ClN3O3. The Morgan fingerprint density at radius 1 is 0.968 bits per heavy atom. The Kier molecular flexibility index (Phi) is 5.48. The first kappa shape index (κ1) is 20.6. The summed E-state index contributed by atoms with van der Waals surface area (Å²) in [6.45, 7) is 3.93. The number of benzene rings is 2. The molecule has 1 aliphatic heterocycles. The van der Waals surface area contributed by atoms with Gasteiger partial charge >= 0.3 is 6.03 Å². The van der Waals surface area contributed by atoms with Crippen molar-refractivity contribution in [1.82, 2.24) is 14.8 Å². The van der Waals surface area contributed by atoms with Crippen molar-refractivity contribution >= 4 is 35.5 Å². The van der Waals surface area contributed by atoms with Crippen LogP contribution < -0.4 is 5.32 Å². The van der Waals surface area contributed by atoms with Gasteiger partial charge in [0.2, 0.25) is 0 Å². The fraction of sp³-hybridized carbons (Fsp3) is 0.125. The Bertz CT molecular complexity index is 1210. The topological polar surface area (TPSA) is 71.4 Å². The third-order valence-electron chi connectivity index (χ3n) is 5.22. The molecule has 1 aliphatic rings. The van der Waals surface area contributed by atoms with E-state index in [0.717, 1.165) is 33.1 Å². The molecule has 31 heavy (non-hydrogen) atoms. The molecule has 0 atom stereocenters. The van der Waals surface area contributed by atoms with Crippen LogP contribution in [0.25, 0.3) is 11.8 Å². The minimum absolute atomic E-state index is 0.0770. The quantitative estimate of drug-likeness (QED) is 0.489. The molecule has 0 spiro atoms. The third kappa shape index (κ3) is 4.02. The van der Waals surface area contributed by atoms with Crippen molar-refractivity contribution in [3.8, 4) is 5.69 Å². The lowest BCUT2D eigenvalue weighted by atomic mass is 10.1. The highest BCUT2D eigenvalue weighted by atomic mass is 35.5. The fourth-order valence-corrected chi connectivity index (χ4v) is 3.81. The highest BCUT2D eigenvalue weighted by Crippen LogP contribution is 2.25. The Morgan fingerprint density at radius 3 is 2.32 bits per heavy atom. The second kappa shape index (κ2) is 8.24. The zero-order valence-corrected chi connectivity index (χ0v) is 17.8. The van der Waals surface area contributed by atoms with E-state index >= 15 is 0 Å². The second-order valence-electron chi connectivity index (χ2n) is 7.33. The molecule has 0 radical (unpaired) electrons. The van der Waals surface area contributed by atoms with E-state index in [1.807, 2.05) is 66.9 Å². The molecule has 156 valence electrons. The summed E-state index contributed by atoms with van der Waals surface area (Å²) in [5.41, 5.74) is 4.16. The van der Waals surface area contributed by atoms with Crippen LogP contribution in [0.5, 0.6) is 0 Å². The molecule has 0 unspecified atom stereocenters. The van der Waals surface area contributed by atoms with E-state index in [4.69, 9.17) is 11.6 Å². The van der Waals surface area contributed by atoms with Crippen molar-refractivity contribution in [2.24, 2.45) is 0 Å². The van der Waals surface area contributed by atoms with Gasteiger partial charge in [-0.3, -0.25) is 19.8 Å². The maximum atomic E-state index is 13.0. The minimum atomic E-state index is -0.720. The molecule has 2 heterocycles. The summed E-state index contributed by atoms with van der Waals surface area (Å²) in [7, 11) is 0. The lowest BCUT2D eigenvalue weighted by molar-refractivity contribution is -0.130. The number of hydrogen-bond donors (Lipinski definition) is 1.